The predicted molar refractivity (Wildman–Crippen MR) is 103 cm³/mol. The zero-order valence-electron chi connectivity index (χ0n) is 15.7. The predicted octanol–water partition coefficient (Wildman–Crippen LogP) is 0.100. The van der Waals surface area contributed by atoms with Crippen LogP contribution in [-0.4, -0.2) is 67.0 Å². The van der Waals surface area contributed by atoms with E-state index in [-0.39, 0.29) is 34.6 Å². The van der Waals surface area contributed by atoms with Crippen LogP contribution in [0.15, 0.2) is 39.5 Å². The lowest BCUT2D eigenvalue weighted by atomic mass is 10.1. The number of phenolic OH excluding ortho intramolecular Hbond substituents is 3. The first-order chi connectivity index (χ1) is 14.7. The first-order valence-electron chi connectivity index (χ1n) is 9.05. The number of rotatable bonds is 3. The average Bonchev–Trinajstić information content (AvgIpc) is 2.73. The van der Waals surface area contributed by atoms with Crippen molar-refractivity contribution < 1.29 is 49.6 Å². The summed E-state index contributed by atoms with van der Waals surface area (Å²) >= 11 is 0. The van der Waals surface area contributed by atoms with Gasteiger partial charge in [-0.3, -0.25) is 4.79 Å². The Bertz CT molecular complexity index is 1200. The number of fused-ring (bicyclic) bond motifs is 1. The molecule has 11 nitrogen and oxygen atoms in total. The van der Waals surface area contributed by atoms with Crippen LogP contribution < -0.4 is 10.2 Å². The minimum Gasteiger partial charge on any atom is -0.507 e. The Morgan fingerprint density at radius 3 is 2.35 bits per heavy atom. The van der Waals surface area contributed by atoms with Crippen molar-refractivity contribution in [2.45, 2.75) is 24.6 Å². The normalized spacial score (nSPS) is 23.7. The first kappa shape index (κ1) is 20.8. The molecule has 0 bridgehead atoms. The zero-order chi connectivity index (χ0) is 22.4. The van der Waals surface area contributed by atoms with Crippen molar-refractivity contribution in [3.63, 3.8) is 0 Å². The molecule has 0 spiro atoms. The third kappa shape index (κ3) is 3.59. The molecule has 164 valence electrons. The zero-order valence-corrected chi connectivity index (χ0v) is 15.7. The van der Waals surface area contributed by atoms with E-state index in [1.165, 1.54) is 12.1 Å². The van der Waals surface area contributed by atoms with E-state index in [2.05, 4.69) is 0 Å². The van der Waals surface area contributed by atoms with Crippen LogP contribution >= 0.6 is 0 Å². The molecular formula is C20H18O11. The number of aliphatic hydroxyl groups is 3. The van der Waals surface area contributed by atoms with Gasteiger partial charge in [0.2, 0.25) is 17.5 Å². The summed E-state index contributed by atoms with van der Waals surface area (Å²) in [6.45, 7) is -0.306. The van der Waals surface area contributed by atoms with Gasteiger partial charge in [-0.25, -0.2) is 0 Å². The van der Waals surface area contributed by atoms with Crippen LogP contribution in [0.2, 0.25) is 0 Å². The fraction of sp³-hybridized carbons (Fsp3) is 0.250. The lowest BCUT2D eigenvalue weighted by molar-refractivity contribution is -0.242. The summed E-state index contributed by atoms with van der Waals surface area (Å²) in [6, 6.07) is 5.70. The molecule has 1 aromatic heterocycles. The van der Waals surface area contributed by atoms with Gasteiger partial charge in [0, 0.05) is 17.7 Å². The molecular weight excluding hydrogens is 416 g/mol. The van der Waals surface area contributed by atoms with Gasteiger partial charge in [0.1, 0.15) is 40.8 Å². The van der Waals surface area contributed by atoms with Gasteiger partial charge >= 0.3 is 0 Å². The molecule has 2 aromatic carbocycles. The van der Waals surface area contributed by atoms with Crippen LogP contribution in [0, 0.1) is 0 Å². The van der Waals surface area contributed by atoms with Crippen molar-refractivity contribution in [2.75, 3.05) is 6.61 Å². The Morgan fingerprint density at radius 1 is 0.903 bits per heavy atom. The summed E-state index contributed by atoms with van der Waals surface area (Å²) in [5, 5.41) is 68.6. The maximum atomic E-state index is 12.6. The minimum absolute atomic E-state index is 0.0701. The molecule has 0 aliphatic carbocycles. The topological polar surface area (TPSA) is 190 Å². The van der Waals surface area contributed by atoms with Crippen LogP contribution in [-0.2, 0) is 4.74 Å². The smallest absolute Gasteiger partial charge is 0.238 e. The number of ether oxygens (including phenoxy) is 2. The maximum Gasteiger partial charge on any atom is 0.238 e. The molecule has 31 heavy (non-hydrogen) atoms. The fourth-order valence-electron chi connectivity index (χ4n) is 3.21. The largest absolute Gasteiger partial charge is 0.507 e. The number of hydrogen-bond acceptors (Lipinski definition) is 11. The van der Waals surface area contributed by atoms with Gasteiger partial charge in [-0.1, -0.05) is 0 Å². The first-order valence-corrected chi connectivity index (χ1v) is 9.05. The van der Waals surface area contributed by atoms with Crippen LogP contribution in [0.5, 0.6) is 28.7 Å². The molecule has 4 atom stereocenters. The van der Waals surface area contributed by atoms with Crippen molar-refractivity contribution in [1.82, 2.24) is 0 Å². The molecule has 0 amide bonds. The Labute approximate surface area is 173 Å². The van der Waals surface area contributed by atoms with E-state index >= 15 is 0 Å². The van der Waals surface area contributed by atoms with Crippen molar-refractivity contribution in [3.05, 3.63) is 40.6 Å². The molecule has 1 fully saturated rings. The van der Waals surface area contributed by atoms with E-state index in [4.69, 9.17) is 13.9 Å². The third-order valence-corrected chi connectivity index (χ3v) is 4.87. The maximum absolute atomic E-state index is 12.6. The molecule has 7 N–H and O–H groups in total. The molecule has 4 rings (SSSR count). The van der Waals surface area contributed by atoms with E-state index in [0.29, 0.717) is 0 Å². The van der Waals surface area contributed by atoms with E-state index in [1.807, 2.05) is 0 Å². The highest BCUT2D eigenvalue weighted by Crippen LogP contribution is 2.38. The highest BCUT2D eigenvalue weighted by atomic mass is 16.7. The quantitative estimate of drug-likeness (QED) is 0.277. The van der Waals surface area contributed by atoms with Crippen molar-refractivity contribution in [2.24, 2.45) is 0 Å². The van der Waals surface area contributed by atoms with Crippen LogP contribution in [0.1, 0.15) is 0 Å². The monoisotopic (exact) mass is 434 g/mol. The van der Waals surface area contributed by atoms with Crippen molar-refractivity contribution >= 4 is 11.0 Å². The van der Waals surface area contributed by atoms with Crippen molar-refractivity contribution in [3.8, 4) is 40.1 Å². The second-order valence-corrected chi connectivity index (χ2v) is 7.00. The number of phenols is 3. The van der Waals surface area contributed by atoms with Gasteiger partial charge in [0.25, 0.3) is 0 Å². The fourth-order valence-corrected chi connectivity index (χ4v) is 3.21. The second-order valence-electron chi connectivity index (χ2n) is 7.00. The summed E-state index contributed by atoms with van der Waals surface area (Å²) < 4.78 is 16.1. The highest BCUT2D eigenvalue weighted by Gasteiger charge is 2.39. The summed E-state index contributed by atoms with van der Waals surface area (Å²) in [5.41, 5.74) is -1.09. The Hall–Kier alpha value is -3.51. The number of aliphatic hydroxyl groups excluding tert-OH is 3. The molecule has 0 unspecified atom stereocenters. The molecule has 1 aliphatic rings. The number of aromatic hydroxyl groups is 4. The Kier molecular flexibility index (Phi) is 5.11. The highest BCUT2D eigenvalue weighted by molar-refractivity contribution is 5.88. The summed E-state index contributed by atoms with van der Waals surface area (Å²) in [4.78, 5) is 12.6. The molecule has 0 radical (unpaired) electrons. The summed E-state index contributed by atoms with van der Waals surface area (Å²) in [5.74, 6) is -2.79. The molecule has 3 aromatic rings. The second kappa shape index (κ2) is 7.63. The Balaban J connectivity index is 1.78. The van der Waals surface area contributed by atoms with Crippen LogP contribution in [0.4, 0.5) is 0 Å². The summed E-state index contributed by atoms with van der Waals surface area (Å²) in [6.07, 6.45) is -5.79. The van der Waals surface area contributed by atoms with Gasteiger partial charge in [0.05, 0.1) is 6.61 Å². The molecule has 1 saturated heterocycles. The average molecular weight is 434 g/mol. The molecule has 0 saturated carbocycles. The van der Waals surface area contributed by atoms with Gasteiger partial charge in [-0.2, -0.15) is 0 Å². The van der Waals surface area contributed by atoms with E-state index in [1.54, 1.807) is 0 Å². The van der Waals surface area contributed by atoms with E-state index < -0.39 is 53.0 Å². The lowest BCUT2D eigenvalue weighted by Crippen LogP contribution is -2.54. The van der Waals surface area contributed by atoms with E-state index in [0.717, 1.165) is 18.2 Å². The van der Waals surface area contributed by atoms with E-state index in [9.17, 15) is 40.5 Å². The van der Waals surface area contributed by atoms with Gasteiger partial charge in [-0.05, 0) is 18.2 Å². The van der Waals surface area contributed by atoms with Crippen molar-refractivity contribution in [1.29, 1.82) is 0 Å². The summed E-state index contributed by atoms with van der Waals surface area (Å²) in [7, 11) is 0. The third-order valence-electron chi connectivity index (χ3n) is 4.87. The Morgan fingerprint density at radius 2 is 1.65 bits per heavy atom. The minimum atomic E-state index is -1.59. The number of benzene rings is 2. The van der Waals surface area contributed by atoms with Crippen LogP contribution in [0.3, 0.4) is 0 Å². The van der Waals surface area contributed by atoms with Crippen LogP contribution in [0.25, 0.3) is 22.3 Å². The SMILES string of the molecule is O=c1c(O)c(-c2ccc(O)c(O)c2)oc2cc(O[C@H]3OC[C@@H](O)[C@H](O)[C@@H]3O)cc(O)c12. The van der Waals surface area contributed by atoms with Gasteiger partial charge in [-0.15, -0.1) is 0 Å². The standard InChI is InChI=1S/C20H18O11/c21-9-2-1-7(3-10(9)22)19-17(27)16(26)14-11(23)4-8(5-13(14)31-19)30-20-18(28)15(25)12(24)6-29-20/h1-5,12,15,18,20-25,27-28H,6H2/t12-,15+,18+,20-/m1/s1. The van der Waals surface area contributed by atoms with Gasteiger partial charge < -0.3 is 49.6 Å². The molecule has 11 heteroatoms. The van der Waals surface area contributed by atoms with Gasteiger partial charge in [0.15, 0.2) is 17.3 Å². The molecule has 1 aliphatic heterocycles. The lowest BCUT2D eigenvalue weighted by Gasteiger charge is -2.34. The molecule has 2 heterocycles. The number of hydrogen-bond donors (Lipinski definition) is 7.